The average Bonchev–Trinajstić information content (AvgIpc) is 3.03. The van der Waals surface area contributed by atoms with Crippen LogP contribution in [0.25, 0.3) is 11.3 Å². The van der Waals surface area contributed by atoms with E-state index in [1.165, 1.54) is 27.7 Å². The maximum atomic E-state index is 11.8. The quantitative estimate of drug-likeness (QED) is 0.226. The first-order valence-electron chi connectivity index (χ1n) is 10.9. The Morgan fingerprint density at radius 3 is 2.42 bits per heavy atom. The Morgan fingerprint density at radius 1 is 1.16 bits per heavy atom. The minimum Gasteiger partial charge on any atom is -0.458 e. The SMILES string of the molecule is CSc1nn(CC2CCC(COCC(=O)OC(C)(C)C)CC2)c(-c2ccccc2)c1I. The van der Waals surface area contributed by atoms with Crippen molar-refractivity contribution in [2.75, 3.05) is 19.5 Å². The van der Waals surface area contributed by atoms with Crippen molar-refractivity contribution in [3.63, 3.8) is 0 Å². The molecule has 0 unspecified atom stereocenters. The molecule has 1 aromatic heterocycles. The lowest BCUT2D eigenvalue weighted by atomic mass is 9.82. The smallest absolute Gasteiger partial charge is 0.332 e. The Morgan fingerprint density at radius 2 is 1.81 bits per heavy atom. The zero-order chi connectivity index (χ0) is 22.4. The second kappa shape index (κ2) is 11.2. The minimum absolute atomic E-state index is 0.0425. The van der Waals surface area contributed by atoms with Crippen molar-refractivity contribution in [3.05, 3.63) is 33.9 Å². The summed E-state index contributed by atoms with van der Waals surface area (Å²) in [4.78, 5) is 11.8. The van der Waals surface area contributed by atoms with Gasteiger partial charge in [0, 0.05) is 12.1 Å². The Bertz CT molecular complexity index is 856. The normalized spacial score (nSPS) is 19.4. The molecule has 0 bridgehead atoms. The maximum Gasteiger partial charge on any atom is 0.332 e. The molecule has 31 heavy (non-hydrogen) atoms. The number of aromatic nitrogens is 2. The molecule has 0 atom stereocenters. The van der Waals surface area contributed by atoms with Crippen molar-refractivity contribution in [1.82, 2.24) is 9.78 Å². The fourth-order valence-electron chi connectivity index (χ4n) is 4.06. The number of carbonyl (C=O) groups is 1. The lowest BCUT2D eigenvalue weighted by molar-refractivity contribution is -0.160. The monoisotopic (exact) mass is 556 g/mol. The van der Waals surface area contributed by atoms with Gasteiger partial charge in [0.25, 0.3) is 0 Å². The molecule has 0 amide bonds. The van der Waals surface area contributed by atoms with Crippen LogP contribution >= 0.6 is 34.4 Å². The van der Waals surface area contributed by atoms with E-state index < -0.39 is 5.60 Å². The number of esters is 1. The highest BCUT2D eigenvalue weighted by Crippen LogP contribution is 2.35. The molecule has 1 saturated carbocycles. The number of carbonyl (C=O) groups excluding carboxylic acids is 1. The number of ether oxygens (including phenoxy) is 2. The predicted molar refractivity (Wildman–Crippen MR) is 134 cm³/mol. The fourth-order valence-corrected chi connectivity index (χ4v) is 5.87. The number of benzene rings is 1. The summed E-state index contributed by atoms with van der Waals surface area (Å²) in [6.07, 6.45) is 6.69. The molecule has 3 rings (SSSR count). The molecule has 1 heterocycles. The van der Waals surface area contributed by atoms with Crippen molar-refractivity contribution in [1.29, 1.82) is 0 Å². The third kappa shape index (κ3) is 7.22. The van der Waals surface area contributed by atoms with E-state index in [-0.39, 0.29) is 12.6 Å². The lowest BCUT2D eigenvalue weighted by Crippen LogP contribution is -2.28. The number of rotatable bonds is 8. The Hall–Kier alpha value is -1.06. The molecule has 1 aromatic carbocycles. The molecule has 0 saturated heterocycles. The molecule has 1 fully saturated rings. The highest BCUT2D eigenvalue weighted by molar-refractivity contribution is 14.1. The van der Waals surface area contributed by atoms with E-state index in [1.54, 1.807) is 11.8 Å². The van der Waals surface area contributed by atoms with E-state index in [0.717, 1.165) is 24.4 Å². The zero-order valence-corrected chi connectivity index (χ0v) is 21.9. The molecule has 0 radical (unpaired) electrons. The van der Waals surface area contributed by atoms with Crippen molar-refractivity contribution >= 4 is 40.3 Å². The van der Waals surface area contributed by atoms with Crippen LogP contribution in [0.15, 0.2) is 35.4 Å². The Labute approximate surface area is 203 Å². The van der Waals surface area contributed by atoms with E-state index >= 15 is 0 Å². The first kappa shape index (κ1) is 24.6. The van der Waals surface area contributed by atoms with Gasteiger partial charge in [-0.05, 0) is 87.1 Å². The van der Waals surface area contributed by atoms with Crippen LogP contribution in [0.5, 0.6) is 0 Å². The molecule has 5 nitrogen and oxygen atoms in total. The predicted octanol–water partition coefficient (Wildman–Crippen LogP) is 6.04. The molecule has 2 aromatic rings. The standard InChI is InChI=1S/C24H33IN2O3S/c1-24(2,3)30-20(28)16-29-15-18-12-10-17(11-13-18)14-27-22(19-8-6-5-7-9-19)21(25)23(26-27)31-4/h5-9,17-18H,10-16H2,1-4H3. The van der Waals surface area contributed by atoms with Gasteiger partial charge < -0.3 is 9.47 Å². The first-order valence-corrected chi connectivity index (χ1v) is 13.2. The molecule has 0 spiro atoms. The van der Waals surface area contributed by atoms with Gasteiger partial charge in [0.1, 0.15) is 17.2 Å². The molecule has 0 N–H and O–H groups in total. The third-order valence-corrected chi connectivity index (χ3v) is 7.56. The summed E-state index contributed by atoms with van der Waals surface area (Å²) in [5, 5.41) is 6.01. The van der Waals surface area contributed by atoms with Gasteiger partial charge in [0.2, 0.25) is 0 Å². The fraction of sp³-hybridized carbons (Fsp3) is 0.583. The highest BCUT2D eigenvalue weighted by atomic mass is 127. The number of hydrogen-bond donors (Lipinski definition) is 0. The third-order valence-electron chi connectivity index (χ3n) is 5.50. The Kier molecular flexibility index (Phi) is 8.87. The second-order valence-electron chi connectivity index (χ2n) is 9.21. The van der Waals surface area contributed by atoms with Crippen LogP contribution in [-0.2, 0) is 20.8 Å². The van der Waals surface area contributed by atoms with E-state index in [1.807, 2.05) is 20.8 Å². The van der Waals surface area contributed by atoms with Crippen LogP contribution in [0.2, 0.25) is 0 Å². The van der Waals surface area contributed by atoms with Crippen LogP contribution in [-0.4, -0.2) is 40.8 Å². The summed E-state index contributed by atoms with van der Waals surface area (Å²) in [6, 6.07) is 10.6. The lowest BCUT2D eigenvalue weighted by Gasteiger charge is -2.28. The van der Waals surface area contributed by atoms with Crippen molar-refractivity contribution < 1.29 is 14.3 Å². The van der Waals surface area contributed by atoms with Crippen LogP contribution in [0, 0.1) is 15.4 Å². The van der Waals surface area contributed by atoms with Gasteiger partial charge >= 0.3 is 5.97 Å². The van der Waals surface area contributed by atoms with Crippen molar-refractivity contribution in [2.45, 2.75) is 63.6 Å². The number of thioether (sulfide) groups is 1. The second-order valence-corrected chi connectivity index (χ2v) is 11.1. The van der Waals surface area contributed by atoms with Gasteiger partial charge in [0.05, 0.1) is 15.9 Å². The van der Waals surface area contributed by atoms with E-state index in [4.69, 9.17) is 14.6 Å². The molecule has 1 aliphatic carbocycles. The maximum absolute atomic E-state index is 11.8. The van der Waals surface area contributed by atoms with Crippen LogP contribution in [0.3, 0.4) is 0 Å². The van der Waals surface area contributed by atoms with Crippen LogP contribution in [0.1, 0.15) is 46.5 Å². The summed E-state index contributed by atoms with van der Waals surface area (Å²) in [7, 11) is 0. The molecule has 0 aliphatic heterocycles. The van der Waals surface area contributed by atoms with Crippen molar-refractivity contribution in [2.24, 2.45) is 11.8 Å². The zero-order valence-electron chi connectivity index (χ0n) is 18.9. The molecular weight excluding hydrogens is 523 g/mol. The largest absolute Gasteiger partial charge is 0.458 e. The summed E-state index contributed by atoms with van der Waals surface area (Å²) < 4.78 is 14.4. The van der Waals surface area contributed by atoms with Gasteiger partial charge in [-0.3, -0.25) is 4.68 Å². The van der Waals surface area contributed by atoms with Gasteiger partial charge in [-0.15, -0.1) is 11.8 Å². The summed E-state index contributed by atoms with van der Waals surface area (Å²) >= 11 is 4.14. The van der Waals surface area contributed by atoms with Gasteiger partial charge in [-0.1, -0.05) is 30.3 Å². The Balaban J connectivity index is 1.52. The topological polar surface area (TPSA) is 53.4 Å². The molecule has 7 heteroatoms. The number of halogens is 1. The number of hydrogen-bond acceptors (Lipinski definition) is 5. The number of nitrogens with zero attached hydrogens (tertiary/aromatic N) is 2. The summed E-state index contributed by atoms with van der Waals surface area (Å²) in [5.74, 6) is 0.856. The summed E-state index contributed by atoms with van der Waals surface area (Å²) in [5.41, 5.74) is 2.00. The molecular formula is C24H33IN2O3S. The molecule has 1 aliphatic rings. The van der Waals surface area contributed by atoms with Crippen LogP contribution < -0.4 is 0 Å². The highest BCUT2D eigenvalue weighted by Gasteiger charge is 2.25. The first-order chi connectivity index (χ1) is 14.8. The van der Waals surface area contributed by atoms with Gasteiger partial charge in [-0.2, -0.15) is 5.10 Å². The van der Waals surface area contributed by atoms with Crippen molar-refractivity contribution in [3.8, 4) is 11.3 Å². The van der Waals surface area contributed by atoms with E-state index in [0.29, 0.717) is 18.4 Å². The molecule has 170 valence electrons. The van der Waals surface area contributed by atoms with Crippen LogP contribution in [0.4, 0.5) is 0 Å². The van der Waals surface area contributed by atoms with E-state index in [9.17, 15) is 4.79 Å². The summed E-state index contributed by atoms with van der Waals surface area (Å²) in [6.45, 7) is 7.25. The minimum atomic E-state index is -0.461. The van der Waals surface area contributed by atoms with E-state index in [2.05, 4.69) is 63.9 Å². The van der Waals surface area contributed by atoms with Gasteiger partial charge in [-0.25, -0.2) is 4.79 Å². The van der Waals surface area contributed by atoms with Gasteiger partial charge in [0.15, 0.2) is 0 Å². The average molecular weight is 557 g/mol.